The quantitative estimate of drug-likeness (QED) is 0.824. The molecule has 4 heteroatoms. The monoisotopic (exact) mass is 334 g/mol. The fourth-order valence-electron chi connectivity index (χ4n) is 3.34. The molecule has 1 aliphatic heterocycles. The summed E-state index contributed by atoms with van der Waals surface area (Å²) in [5, 5.41) is 0. The molecule has 0 bridgehead atoms. The van der Waals surface area contributed by atoms with Crippen LogP contribution in [-0.2, 0) is 10.5 Å². The molecule has 1 amide bonds. The predicted octanol–water partition coefficient (Wildman–Crippen LogP) is 3.48. The Balaban J connectivity index is 1.78. The van der Waals surface area contributed by atoms with Crippen molar-refractivity contribution in [1.29, 1.82) is 0 Å². The van der Waals surface area contributed by atoms with Crippen LogP contribution in [0.5, 0.6) is 0 Å². The van der Waals surface area contributed by atoms with E-state index in [-0.39, 0.29) is 0 Å². The van der Waals surface area contributed by atoms with Gasteiger partial charge in [-0.2, -0.15) is 0 Å². The second-order valence-corrected chi connectivity index (χ2v) is 7.90. The Labute approximate surface area is 145 Å². The van der Waals surface area contributed by atoms with Gasteiger partial charge in [0.15, 0.2) is 0 Å². The lowest BCUT2D eigenvalue weighted by atomic mass is 10.1. The first-order valence-electron chi connectivity index (χ1n) is 8.55. The Hall–Kier alpha value is -1.00. The second-order valence-electron chi connectivity index (χ2n) is 6.92. The third-order valence-corrected chi connectivity index (χ3v) is 5.54. The molecule has 1 aliphatic rings. The minimum atomic E-state index is 0.304. The van der Waals surface area contributed by atoms with E-state index in [1.807, 2.05) is 0 Å². The Morgan fingerprint density at radius 2 is 1.87 bits per heavy atom. The van der Waals surface area contributed by atoms with Gasteiger partial charge in [-0.1, -0.05) is 29.3 Å². The summed E-state index contributed by atoms with van der Waals surface area (Å²) in [5.41, 5.74) is 3.92. The van der Waals surface area contributed by atoms with Crippen molar-refractivity contribution in [2.75, 3.05) is 32.9 Å². The van der Waals surface area contributed by atoms with E-state index in [1.54, 1.807) is 11.8 Å². The zero-order chi connectivity index (χ0) is 16.8. The highest BCUT2D eigenvalue weighted by molar-refractivity contribution is 7.99. The van der Waals surface area contributed by atoms with Crippen molar-refractivity contribution in [3.8, 4) is 0 Å². The van der Waals surface area contributed by atoms with Gasteiger partial charge in [0, 0.05) is 24.9 Å². The molecule has 1 atom stereocenters. The van der Waals surface area contributed by atoms with Gasteiger partial charge in [0.25, 0.3) is 0 Å². The van der Waals surface area contributed by atoms with E-state index < -0.39 is 0 Å². The molecule has 1 saturated heterocycles. The number of rotatable bonds is 5. The minimum Gasteiger partial charge on any atom is -0.342 e. The Bertz CT molecular complexity index is 510. The molecule has 1 unspecified atom stereocenters. The molecule has 0 radical (unpaired) electrons. The Kier molecular flexibility index (Phi) is 6.97. The zero-order valence-corrected chi connectivity index (χ0v) is 15.8. The standard InChI is InChI=1S/C19H30N2OS/c1-15-10-16(2)12-17(11-15)13-23-14-19(22)21-8-5-6-18(7-9-21)20(3)4/h10-12,18H,5-9,13-14H2,1-4H3. The van der Waals surface area contributed by atoms with Crippen molar-refractivity contribution >= 4 is 17.7 Å². The number of hydrogen-bond donors (Lipinski definition) is 0. The van der Waals surface area contributed by atoms with Crippen LogP contribution in [0.3, 0.4) is 0 Å². The largest absolute Gasteiger partial charge is 0.342 e. The van der Waals surface area contributed by atoms with E-state index in [1.165, 1.54) is 23.1 Å². The van der Waals surface area contributed by atoms with Gasteiger partial charge in [0.1, 0.15) is 0 Å². The molecule has 0 saturated carbocycles. The zero-order valence-electron chi connectivity index (χ0n) is 15.0. The van der Waals surface area contributed by atoms with Crippen LogP contribution >= 0.6 is 11.8 Å². The lowest BCUT2D eigenvalue weighted by Gasteiger charge is -2.23. The molecule has 2 rings (SSSR count). The van der Waals surface area contributed by atoms with Crippen molar-refractivity contribution in [3.63, 3.8) is 0 Å². The average molecular weight is 335 g/mol. The molecular formula is C19H30N2OS. The third-order valence-electron chi connectivity index (χ3n) is 4.56. The van der Waals surface area contributed by atoms with Crippen LogP contribution in [0.25, 0.3) is 0 Å². The maximum Gasteiger partial charge on any atom is 0.232 e. The van der Waals surface area contributed by atoms with Gasteiger partial charge in [-0.15, -0.1) is 11.8 Å². The maximum absolute atomic E-state index is 12.4. The summed E-state index contributed by atoms with van der Waals surface area (Å²) in [7, 11) is 4.28. The van der Waals surface area contributed by atoms with Crippen LogP contribution in [0.2, 0.25) is 0 Å². The van der Waals surface area contributed by atoms with E-state index in [4.69, 9.17) is 0 Å². The van der Waals surface area contributed by atoms with Crippen LogP contribution in [0.15, 0.2) is 18.2 Å². The van der Waals surface area contributed by atoms with E-state index >= 15 is 0 Å². The average Bonchev–Trinajstić information content (AvgIpc) is 2.72. The molecular weight excluding hydrogens is 304 g/mol. The number of benzene rings is 1. The first kappa shape index (κ1) is 18.3. The molecule has 1 aromatic carbocycles. The van der Waals surface area contributed by atoms with Gasteiger partial charge in [0.2, 0.25) is 5.91 Å². The summed E-state index contributed by atoms with van der Waals surface area (Å²) in [5.74, 6) is 1.82. The van der Waals surface area contributed by atoms with Crippen molar-refractivity contribution in [2.45, 2.75) is 44.9 Å². The van der Waals surface area contributed by atoms with Crippen LogP contribution in [0.1, 0.15) is 36.0 Å². The van der Waals surface area contributed by atoms with Crippen molar-refractivity contribution in [1.82, 2.24) is 9.80 Å². The van der Waals surface area contributed by atoms with Crippen LogP contribution in [0, 0.1) is 13.8 Å². The molecule has 23 heavy (non-hydrogen) atoms. The van der Waals surface area contributed by atoms with Gasteiger partial charge < -0.3 is 9.80 Å². The summed E-state index contributed by atoms with van der Waals surface area (Å²) in [6.45, 7) is 6.09. The molecule has 128 valence electrons. The number of nitrogens with zero attached hydrogens (tertiary/aromatic N) is 2. The number of carbonyl (C=O) groups excluding carboxylic acids is 1. The first-order valence-corrected chi connectivity index (χ1v) is 9.70. The number of hydrogen-bond acceptors (Lipinski definition) is 3. The fourth-order valence-corrected chi connectivity index (χ4v) is 4.21. The maximum atomic E-state index is 12.4. The smallest absolute Gasteiger partial charge is 0.232 e. The van der Waals surface area contributed by atoms with E-state index in [2.05, 4.69) is 55.9 Å². The Morgan fingerprint density at radius 1 is 1.17 bits per heavy atom. The molecule has 0 aromatic heterocycles. The molecule has 1 aromatic rings. The summed E-state index contributed by atoms with van der Waals surface area (Å²) in [6, 6.07) is 7.25. The van der Waals surface area contributed by atoms with Gasteiger partial charge >= 0.3 is 0 Å². The van der Waals surface area contributed by atoms with Gasteiger partial charge in [-0.3, -0.25) is 4.79 Å². The van der Waals surface area contributed by atoms with Crippen molar-refractivity contribution < 1.29 is 4.79 Å². The highest BCUT2D eigenvalue weighted by Crippen LogP contribution is 2.18. The van der Waals surface area contributed by atoms with Gasteiger partial charge in [-0.25, -0.2) is 0 Å². The SMILES string of the molecule is Cc1cc(C)cc(CSCC(=O)N2CCCC(N(C)C)CC2)c1. The van der Waals surface area contributed by atoms with Crippen LogP contribution in [0.4, 0.5) is 0 Å². The number of likely N-dealkylation sites (tertiary alicyclic amines) is 1. The normalized spacial score (nSPS) is 19.0. The third kappa shape index (κ3) is 5.85. The van der Waals surface area contributed by atoms with E-state index in [9.17, 15) is 4.79 Å². The topological polar surface area (TPSA) is 23.6 Å². The first-order chi connectivity index (χ1) is 11.0. The molecule has 0 aliphatic carbocycles. The van der Waals surface area contributed by atoms with Gasteiger partial charge in [0.05, 0.1) is 5.75 Å². The molecule has 1 fully saturated rings. The van der Waals surface area contributed by atoms with Crippen molar-refractivity contribution in [3.05, 3.63) is 34.9 Å². The lowest BCUT2D eigenvalue weighted by Crippen LogP contribution is -2.34. The molecule has 0 spiro atoms. The molecule has 1 heterocycles. The fraction of sp³-hybridized carbons (Fsp3) is 0.632. The van der Waals surface area contributed by atoms with Crippen molar-refractivity contribution in [2.24, 2.45) is 0 Å². The minimum absolute atomic E-state index is 0.304. The summed E-state index contributed by atoms with van der Waals surface area (Å²) >= 11 is 1.74. The Morgan fingerprint density at radius 3 is 2.52 bits per heavy atom. The lowest BCUT2D eigenvalue weighted by molar-refractivity contribution is -0.128. The molecule has 0 N–H and O–H groups in total. The van der Waals surface area contributed by atoms with Gasteiger partial charge in [-0.05, 0) is 52.8 Å². The van der Waals surface area contributed by atoms with E-state index in [0.29, 0.717) is 17.7 Å². The second kappa shape index (κ2) is 8.74. The number of thioether (sulfide) groups is 1. The summed E-state index contributed by atoms with van der Waals surface area (Å²) in [6.07, 6.45) is 3.42. The predicted molar refractivity (Wildman–Crippen MR) is 100.0 cm³/mol. The summed E-state index contributed by atoms with van der Waals surface area (Å²) in [4.78, 5) is 16.8. The van der Waals surface area contributed by atoms with E-state index in [0.717, 1.165) is 31.7 Å². The highest BCUT2D eigenvalue weighted by atomic mass is 32.2. The molecule has 3 nitrogen and oxygen atoms in total. The highest BCUT2D eigenvalue weighted by Gasteiger charge is 2.21. The van der Waals surface area contributed by atoms with Crippen LogP contribution in [-0.4, -0.2) is 54.7 Å². The number of carbonyl (C=O) groups is 1. The van der Waals surface area contributed by atoms with Crippen LogP contribution < -0.4 is 0 Å². The number of amides is 1. The summed E-state index contributed by atoms with van der Waals surface area (Å²) < 4.78 is 0. The number of aryl methyl sites for hydroxylation is 2.